The molecule has 0 unspecified atom stereocenters. The number of β-amino-alcohol motifs (C(OH)–C–C–N with tert-alkyl or cyclic N) is 1. The number of nitrogens with one attached hydrogen (secondary N) is 3. The van der Waals surface area contributed by atoms with Crippen molar-refractivity contribution in [3.63, 3.8) is 0 Å². The number of hydrogen-bond donors (Lipinski definition) is 5. The highest BCUT2D eigenvalue weighted by molar-refractivity contribution is 5.87. The van der Waals surface area contributed by atoms with Gasteiger partial charge in [-0.05, 0) is 67.3 Å². The van der Waals surface area contributed by atoms with E-state index in [2.05, 4.69) is 15.6 Å². The van der Waals surface area contributed by atoms with E-state index in [0.29, 0.717) is 35.1 Å². The molecule has 1 aromatic heterocycles. The Morgan fingerprint density at radius 3 is 2.48 bits per heavy atom. The number of carbonyl (C=O) groups is 1. The minimum atomic E-state index is -4.62. The van der Waals surface area contributed by atoms with Crippen LogP contribution < -0.4 is 16.2 Å². The number of aromatic amines is 1. The molecule has 0 bridgehead atoms. The molecule has 42 heavy (non-hydrogen) atoms. The van der Waals surface area contributed by atoms with Gasteiger partial charge in [0.1, 0.15) is 11.6 Å². The number of phenolic OH excluding ortho intramolecular Hbond substituents is 1. The number of amides is 1. The third-order valence-corrected chi connectivity index (χ3v) is 6.89. The van der Waals surface area contributed by atoms with Gasteiger partial charge in [0, 0.05) is 35.6 Å². The van der Waals surface area contributed by atoms with Crippen LogP contribution in [0.4, 0.5) is 17.6 Å². The molecule has 0 aliphatic carbocycles. The Kier molecular flexibility index (Phi) is 9.03. The molecule has 5 N–H and O–H groups in total. The topological polar surface area (TPSA) is 114 Å². The lowest BCUT2D eigenvalue weighted by Gasteiger charge is -2.28. The zero-order valence-electron chi connectivity index (χ0n) is 23.0. The summed E-state index contributed by atoms with van der Waals surface area (Å²) in [5, 5.41) is 27.3. The van der Waals surface area contributed by atoms with E-state index in [1.54, 1.807) is 24.3 Å². The highest BCUT2D eigenvalue weighted by Gasteiger charge is 2.31. The average Bonchev–Trinajstić information content (AvgIpc) is 2.91. The quantitative estimate of drug-likeness (QED) is 0.170. The predicted octanol–water partition coefficient (Wildman–Crippen LogP) is 4.89. The van der Waals surface area contributed by atoms with E-state index in [-0.39, 0.29) is 41.9 Å². The molecule has 0 aliphatic heterocycles. The molecule has 1 amide bonds. The molecular weight excluding hydrogens is 554 g/mol. The number of pyridine rings is 1. The lowest BCUT2D eigenvalue weighted by molar-refractivity contribution is -0.137. The summed E-state index contributed by atoms with van der Waals surface area (Å²) in [7, 11) is 0. The second-order valence-electron chi connectivity index (χ2n) is 10.8. The van der Waals surface area contributed by atoms with E-state index in [0.717, 1.165) is 11.6 Å². The van der Waals surface area contributed by atoms with Gasteiger partial charge in [-0.3, -0.25) is 9.59 Å². The molecule has 0 fully saturated rings. The second kappa shape index (κ2) is 12.3. The van der Waals surface area contributed by atoms with Gasteiger partial charge in [-0.2, -0.15) is 13.2 Å². The van der Waals surface area contributed by atoms with Crippen LogP contribution in [0.15, 0.2) is 71.5 Å². The number of aliphatic hydroxyl groups excluding tert-OH is 1. The first-order chi connectivity index (χ1) is 19.7. The number of hydrogen-bond acceptors (Lipinski definition) is 5. The Morgan fingerprint density at radius 1 is 1.00 bits per heavy atom. The number of fused-ring (bicyclic) bond motifs is 1. The van der Waals surface area contributed by atoms with E-state index < -0.39 is 35.1 Å². The van der Waals surface area contributed by atoms with Gasteiger partial charge >= 0.3 is 6.18 Å². The Morgan fingerprint density at radius 2 is 1.74 bits per heavy atom. The first kappa shape index (κ1) is 30.7. The summed E-state index contributed by atoms with van der Waals surface area (Å²) in [5.74, 6) is -1.39. The summed E-state index contributed by atoms with van der Waals surface area (Å²) in [6.45, 7) is 3.71. The smallest absolute Gasteiger partial charge is 0.416 e. The Balaban J connectivity index is 1.35. The lowest BCUT2D eigenvalue weighted by Crippen LogP contribution is -2.43. The SMILES string of the molecule is CC(C)(Cc1cccc(CC(=O)NCc2cc(C(F)(F)F)ccc2F)c1)NC[C@H](O)c1ccc(O)c2[nH]c(=O)ccc12. The number of benzene rings is 3. The maximum atomic E-state index is 14.0. The van der Waals surface area contributed by atoms with Crippen LogP contribution >= 0.6 is 0 Å². The third-order valence-electron chi connectivity index (χ3n) is 6.89. The van der Waals surface area contributed by atoms with Gasteiger partial charge in [-0.15, -0.1) is 0 Å². The van der Waals surface area contributed by atoms with Crippen molar-refractivity contribution in [2.45, 2.75) is 51.1 Å². The molecule has 1 atom stereocenters. The monoisotopic (exact) mass is 585 g/mol. The molecule has 0 spiro atoms. The van der Waals surface area contributed by atoms with Crippen LogP contribution in [0.1, 0.15) is 47.8 Å². The molecule has 11 heteroatoms. The normalized spacial score (nSPS) is 12.8. The fourth-order valence-electron chi connectivity index (χ4n) is 4.78. The van der Waals surface area contributed by atoms with Gasteiger partial charge in [0.25, 0.3) is 0 Å². The number of aliphatic hydroxyl groups is 1. The Labute approximate surface area is 239 Å². The summed E-state index contributed by atoms with van der Waals surface area (Å²) in [4.78, 5) is 26.7. The number of halogens is 4. The summed E-state index contributed by atoms with van der Waals surface area (Å²) < 4.78 is 52.8. The van der Waals surface area contributed by atoms with Crippen LogP contribution in [0.5, 0.6) is 5.75 Å². The van der Waals surface area contributed by atoms with E-state index in [9.17, 15) is 37.4 Å². The molecule has 3 aromatic carbocycles. The number of carbonyl (C=O) groups excluding carboxylic acids is 1. The molecule has 7 nitrogen and oxygen atoms in total. The van der Waals surface area contributed by atoms with Crippen molar-refractivity contribution in [1.29, 1.82) is 0 Å². The second-order valence-corrected chi connectivity index (χ2v) is 10.8. The summed E-state index contributed by atoms with van der Waals surface area (Å²) in [6.07, 6.45) is -5.06. The maximum absolute atomic E-state index is 14.0. The maximum Gasteiger partial charge on any atom is 0.416 e. The van der Waals surface area contributed by atoms with Gasteiger partial charge in [0.15, 0.2) is 0 Å². The number of rotatable bonds is 10. The van der Waals surface area contributed by atoms with Crippen molar-refractivity contribution in [1.82, 2.24) is 15.6 Å². The van der Waals surface area contributed by atoms with E-state index in [1.807, 2.05) is 26.0 Å². The summed E-state index contributed by atoms with van der Waals surface area (Å²) >= 11 is 0. The van der Waals surface area contributed by atoms with Crippen molar-refractivity contribution in [2.24, 2.45) is 0 Å². The largest absolute Gasteiger partial charge is 0.506 e. The average molecular weight is 586 g/mol. The van der Waals surface area contributed by atoms with E-state index >= 15 is 0 Å². The number of alkyl halides is 3. The zero-order valence-corrected chi connectivity index (χ0v) is 23.0. The van der Waals surface area contributed by atoms with E-state index in [1.165, 1.54) is 12.1 Å². The number of aromatic nitrogens is 1. The number of H-pyrrole nitrogens is 1. The molecule has 4 aromatic rings. The van der Waals surface area contributed by atoms with Crippen LogP contribution in [0.2, 0.25) is 0 Å². The minimum absolute atomic E-state index is 0.0446. The molecule has 4 rings (SSSR count). The van der Waals surface area contributed by atoms with Crippen LogP contribution in [0.3, 0.4) is 0 Å². The summed E-state index contributed by atoms with van der Waals surface area (Å²) in [6, 6.07) is 15.2. The van der Waals surface area contributed by atoms with Gasteiger partial charge in [0.05, 0.1) is 23.6 Å². The minimum Gasteiger partial charge on any atom is -0.506 e. The number of aromatic hydroxyl groups is 1. The van der Waals surface area contributed by atoms with Gasteiger partial charge in [-0.25, -0.2) is 4.39 Å². The Bertz CT molecular complexity index is 1650. The molecule has 1 heterocycles. The lowest BCUT2D eigenvalue weighted by atomic mass is 9.92. The Hall–Kier alpha value is -4.22. The molecule has 0 saturated heterocycles. The molecule has 0 saturated carbocycles. The zero-order chi connectivity index (χ0) is 30.7. The fourth-order valence-corrected chi connectivity index (χ4v) is 4.78. The van der Waals surface area contributed by atoms with Crippen molar-refractivity contribution in [3.8, 4) is 5.75 Å². The summed E-state index contributed by atoms with van der Waals surface area (Å²) in [5.41, 5.74) is 0.281. The van der Waals surface area contributed by atoms with Gasteiger partial charge < -0.3 is 25.8 Å². The first-order valence-corrected chi connectivity index (χ1v) is 13.2. The fraction of sp³-hybridized carbons (Fsp3) is 0.290. The van der Waals surface area contributed by atoms with Crippen LogP contribution in [0, 0.1) is 5.82 Å². The predicted molar refractivity (Wildman–Crippen MR) is 150 cm³/mol. The van der Waals surface area contributed by atoms with Crippen molar-refractivity contribution in [2.75, 3.05) is 6.54 Å². The van der Waals surface area contributed by atoms with Crippen molar-refractivity contribution >= 4 is 16.8 Å². The number of phenols is 1. The van der Waals surface area contributed by atoms with Crippen molar-refractivity contribution < 1.29 is 32.6 Å². The van der Waals surface area contributed by atoms with Crippen molar-refractivity contribution in [3.05, 3.63) is 111 Å². The molecule has 0 radical (unpaired) electrons. The van der Waals surface area contributed by atoms with Crippen LogP contribution in [0.25, 0.3) is 10.9 Å². The standard InChI is InChI=1S/C31H31F4N3O4/c1-30(2,37-17-26(40)22-7-10-25(39)29-23(22)8-11-27(41)38-29)15-19-5-3-4-18(12-19)13-28(42)36-16-20-14-21(31(33,34)35)6-9-24(20)32/h3-12,14,26,37,39-40H,13,15-17H2,1-2H3,(H,36,42)(H,38,41)/t26-/m0/s1. The van der Waals surface area contributed by atoms with Gasteiger partial charge in [-0.1, -0.05) is 30.3 Å². The third kappa shape index (κ3) is 7.74. The highest BCUT2D eigenvalue weighted by Crippen LogP contribution is 2.31. The highest BCUT2D eigenvalue weighted by atomic mass is 19.4. The molecular formula is C31H31F4N3O4. The van der Waals surface area contributed by atoms with Crippen LogP contribution in [-0.2, 0) is 30.4 Å². The van der Waals surface area contributed by atoms with E-state index in [4.69, 9.17) is 0 Å². The van der Waals surface area contributed by atoms with Gasteiger partial charge in [0.2, 0.25) is 11.5 Å². The molecule has 0 aliphatic rings. The van der Waals surface area contributed by atoms with Crippen LogP contribution in [-0.4, -0.2) is 33.2 Å². The first-order valence-electron chi connectivity index (χ1n) is 13.2. The molecule has 222 valence electrons.